The van der Waals surface area contributed by atoms with Crippen molar-refractivity contribution in [3.8, 4) is 12.3 Å². The summed E-state index contributed by atoms with van der Waals surface area (Å²) in [5.41, 5.74) is 0. The van der Waals surface area contributed by atoms with Crippen LogP contribution in [0.2, 0.25) is 0 Å². The molecule has 0 rings (SSSR count). The SMILES string of the molecule is C#CC(C)NCCCCO. The van der Waals surface area contributed by atoms with Gasteiger partial charge < -0.3 is 10.4 Å². The number of aliphatic hydroxyl groups is 1. The largest absolute Gasteiger partial charge is 0.396 e. The molecule has 0 aromatic heterocycles. The zero-order valence-corrected chi connectivity index (χ0v) is 6.43. The van der Waals surface area contributed by atoms with Gasteiger partial charge in [0.05, 0.1) is 6.04 Å². The van der Waals surface area contributed by atoms with Crippen molar-refractivity contribution in [2.45, 2.75) is 25.8 Å². The molecule has 1 unspecified atom stereocenters. The van der Waals surface area contributed by atoms with Crippen LogP contribution in [0.4, 0.5) is 0 Å². The fourth-order valence-corrected chi connectivity index (χ4v) is 0.614. The molecular weight excluding hydrogens is 126 g/mol. The number of terminal acetylenes is 1. The second kappa shape index (κ2) is 6.60. The molecule has 0 aliphatic rings. The lowest BCUT2D eigenvalue weighted by atomic mass is 10.3. The van der Waals surface area contributed by atoms with Gasteiger partial charge in [-0.15, -0.1) is 6.42 Å². The lowest BCUT2D eigenvalue weighted by molar-refractivity contribution is 0.283. The van der Waals surface area contributed by atoms with E-state index in [1.54, 1.807) is 0 Å². The van der Waals surface area contributed by atoms with E-state index < -0.39 is 0 Å². The first-order chi connectivity index (χ1) is 4.81. The zero-order valence-electron chi connectivity index (χ0n) is 6.43. The second-order valence-electron chi connectivity index (χ2n) is 2.27. The summed E-state index contributed by atoms with van der Waals surface area (Å²) in [5.74, 6) is 2.57. The van der Waals surface area contributed by atoms with Crippen molar-refractivity contribution in [2.24, 2.45) is 0 Å². The van der Waals surface area contributed by atoms with E-state index in [0.717, 1.165) is 19.4 Å². The maximum Gasteiger partial charge on any atom is 0.0658 e. The van der Waals surface area contributed by atoms with Crippen LogP contribution < -0.4 is 5.32 Å². The van der Waals surface area contributed by atoms with Crippen molar-refractivity contribution in [1.29, 1.82) is 0 Å². The number of nitrogens with one attached hydrogen (secondary N) is 1. The average molecular weight is 141 g/mol. The first-order valence-electron chi connectivity index (χ1n) is 3.61. The van der Waals surface area contributed by atoms with E-state index in [1.807, 2.05) is 6.92 Å². The minimum absolute atomic E-state index is 0.152. The summed E-state index contributed by atoms with van der Waals surface area (Å²) in [6.45, 7) is 3.11. The summed E-state index contributed by atoms with van der Waals surface area (Å²) in [5, 5.41) is 11.5. The van der Waals surface area contributed by atoms with Gasteiger partial charge in [-0.2, -0.15) is 0 Å². The van der Waals surface area contributed by atoms with Gasteiger partial charge in [-0.05, 0) is 26.3 Å². The quantitative estimate of drug-likeness (QED) is 0.428. The number of unbranched alkanes of at least 4 members (excludes halogenated alkanes) is 1. The molecular formula is C8H15NO. The molecule has 0 heterocycles. The monoisotopic (exact) mass is 141 g/mol. The summed E-state index contributed by atoms with van der Waals surface area (Å²) in [6.07, 6.45) is 6.96. The van der Waals surface area contributed by atoms with Gasteiger partial charge in [0.15, 0.2) is 0 Å². The maximum atomic E-state index is 8.42. The summed E-state index contributed by atoms with van der Waals surface area (Å²) in [7, 11) is 0. The van der Waals surface area contributed by atoms with Crippen molar-refractivity contribution in [2.75, 3.05) is 13.2 Å². The lowest BCUT2D eigenvalue weighted by Gasteiger charge is -2.05. The summed E-state index contributed by atoms with van der Waals surface area (Å²) < 4.78 is 0. The lowest BCUT2D eigenvalue weighted by Crippen LogP contribution is -2.25. The van der Waals surface area contributed by atoms with E-state index >= 15 is 0 Å². The predicted molar refractivity (Wildman–Crippen MR) is 42.6 cm³/mol. The summed E-state index contributed by atoms with van der Waals surface area (Å²) in [6, 6.07) is 0.152. The van der Waals surface area contributed by atoms with E-state index in [1.165, 1.54) is 0 Å². The third kappa shape index (κ3) is 5.61. The Balaban J connectivity index is 2.98. The molecule has 0 radical (unpaired) electrons. The highest BCUT2D eigenvalue weighted by molar-refractivity contribution is 4.95. The average Bonchev–Trinajstić information content (AvgIpc) is 1.98. The Hall–Kier alpha value is -0.520. The van der Waals surface area contributed by atoms with Crippen LogP contribution >= 0.6 is 0 Å². The molecule has 1 atom stereocenters. The predicted octanol–water partition coefficient (Wildman–Crippen LogP) is 0.370. The number of hydrogen-bond donors (Lipinski definition) is 2. The van der Waals surface area contributed by atoms with E-state index in [0.29, 0.717) is 0 Å². The van der Waals surface area contributed by atoms with Crippen molar-refractivity contribution >= 4 is 0 Å². The topological polar surface area (TPSA) is 32.3 Å². The highest BCUT2D eigenvalue weighted by atomic mass is 16.2. The number of hydrogen-bond acceptors (Lipinski definition) is 2. The number of aliphatic hydroxyl groups excluding tert-OH is 1. The smallest absolute Gasteiger partial charge is 0.0658 e. The molecule has 0 fully saturated rings. The molecule has 10 heavy (non-hydrogen) atoms. The molecule has 0 aliphatic carbocycles. The van der Waals surface area contributed by atoms with Gasteiger partial charge >= 0.3 is 0 Å². The van der Waals surface area contributed by atoms with E-state index in [4.69, 9.17) is 11.5 Å². The van der Waals surface area contributed by atoms with E-state index in [2.05, 4.69) is 11.2 Å². The fraction of sp³-hybridized carbons (Fsp3) is 0.750. The molecule has 2 nitrogen and oxygen atoms in total. The normalized spacial score (nSPS) is 12.5. The summed E-state index contributed by atoms with van der Waals surface area (Å²) >= 11 is 0. The second-order valence-corrected chi connectivity index (χ2v) is 2.27. The van der Waals surface area contributed by atoms with Gasteiger partial charge in [-0.1, -0.05) is 5.92 Å². The van der Waals surface area contributed by atoms with Crippen molar-refractivity contribution < 1.29 is 5.11 Å². The molecule has 0 spiro atoms. The first kappa shape index (κ1) is 9.48. The molecule has 0 aromatic carbocycles. The maximum absolute atomic E-state index is 8.42. The fourth-order valence-electron chi connectivity index (χ4n) is 0.614. The van der Waals surface area contributed by atoms with Crippen LogP contribution in [0.3, 0.4) is 0 Å². The first-order valence-corrected chi connectivity index (χ1v) is 3.61. The van der Waals surface area contributed by atoms with Crippen molar-refractivity contribution in [3.05, 3.63) is 0 Å². The molecule has 2 heteroatoms. The van der Waals surface area contributed by atoms with Crippen LogP contribution in [0.15, 0.2) is 0 Å². The molecule has 2 N–H and O–H groups in total. The number of rotatable bonds is 5. The Morgan fingerprint density at radius 3 is 2.80 bits per heavy atom. The Bertz CT molecular complexity index is 106. The van der Waals surface area contributed by atoms with Gasteiger partial charge in [0.2, 0.25) is 0 Å². The molecule has 0 amide bonds. The molecule has 0 aliphatic heterocycles. The van der Waals surface area contributed by atoms with E-state index in [-0.39, 0.29) is 12.6 Å². The van der Waals surface area contributed by atoms with Crippen LogP contribution in [0.25, 0.3) is 0 Å². The van der Waals surface area contributed by atoms with Crippen LogP contribution in [0, 0.1) is 12.3 Å². The highest BCUT2D eigenvalue weighted by Crippen LogP contribution is 1.85. The van der Waals surface area contributed by atoms with Crippen LogP contribution in [-0.2, 0) is 0 Å². The van der Waals surface area contributed by atoms with E-state index in [9.17, 15) is 0 Å². The van der Waals surface area contributed by atoms with Crippen molar-refractivity contribution in [1.82, 2.24) is 5.32 Å². The third-order valence-corrected chi connectivity index (χ3v) is 1.29. The minimum atomic E-state index is 0.152. The molecule has 0 saturated carbocycles. The van der Waals surface area contributed by atoms with Crippen molar-refractivity contribution in [3.63, 3.8) is 0 Å². The molecule has 0 saturated heterocycles. The Labute approximate surface area is 62.6 Å². The molecule has 0 aromatic rings. The standard InChI is InChI=1S/C8H15NO/c1-3-8(2)9-6-4-5-7-10/h1,8-10H,4-7H2,2H3. The summed E-state index contributed by atoms with van der Waals surface area (Å²) in [4.78, 5) is 0. The zero-order chi connectivity index (χ0) is 7.82. The Kier molecular flexibility index (Phi) is 6.25. The highest BCUT2D eigenvalue weighted by Gasteiger charge is 1.92. The van der Waals surface area contributed by atoms with Gasteiger partial charge in [-0.25, -0.2) is 0 Å². The Morgan fingerprint density at radius 1 is 1.60 bits per heavy atom. The third-order valence-electron chi connectivity index (χ3n) is 1.29. The van der Waals surface area contributed by atoms with Gasteiger partial charge in [0.1, 0.15) is 0 Å². The van der Waals surface area contributed by atoms with Gasteiger partial charge in [0, 0.05) is 6.61 Å². The Morgan fingerprint density at radius 2 is 2.30 bits per heavy atom. The van der Waals surface area contributed by atoms with Crippen LogP contribution in [0.1, 0.15) is 19.8 Å². The van der Waals surface area contributed by atoms with Crippen LogP contribution in [-0.4, -0.2) is 24.3 Å². The van der Waals surface area contributed by atoms with Crippen LogP contribution in [0.5, 0.6) is 0 Å². The van der Waals surface area contributed by atoms with Gasteiger partial charge in [-0.3, -0.25) is 0 Å². The van der Waals surface area contributed by atoms with Gasteiger partial charge in [0.25, 0.3) is 0 Å². The molecule has 0 bridgehead atoms. The molecule has 58 valence electrons. The minimum Gasteiger partial charge on any atom is -0.396 e.